The first-order valence-electron chi connectivity index (χ1n) is 9.79. The first-order valence-corrected chi connectivity index (χ1v) is 9.79. The fraction of sp³-hybridized carbons (Fsp3) is 0.273. The summed E-state index contributed by atoms with van der Waals surface area (Å²) in [7, 11) is 1.50. The molecule has 3 heterocycles. The average molecular weight is 405 g/mol. The van der Waals surface area contributed by atoms with Gasteiger partial charge in [-0.25, -0.2) is 0 Å². The van der Waals surface area contributed by atoms with Gasteiger partial charge in [0.25, 0.3) is 5.91 Å². The zero-order chi connectivity index (χ0) is 20.9. The molecule has 3 aromatic rings. The van der Waals surface area contributed by atoms with Crippen molar-refractivity contribution in [3.8, 4) is 0 Å². The fourth-order valence-corrected chi connectivity index (χ4v) is 3.45. The smallest absolute Gasteiger partial charge is 0.272 e. The standard InChI is InChI=1S/C22H23N5O3/c1-30-15-21(28)26-10-12-27(13-11-26)22(29)20-9-7-16(14-23-20)6-8-19-17-4-2-3-5-18(17)24-25-19/h2-9,14H,10-13,15H2,1H3,(H,24,25)/b8-6+. The van der Waals surface area contributed by atoms with Crippen LogP contribution in [0.2, 0.25) is 0 Å². The van der Waals surface area contributed by atoms with Crippen molar-refractivity contribution in [3.05, 3.63) is 59.5 Å². The molecule has 0 bridgehead atoms. The van der Waals surface area contributed by atoms with Gasteiger partial charge in [0.15, 0.2) is 0 Å². The Bertz CT molecular complexity index is 1070. The molecule has 154 valence electrons. The number of benzene rings is 1. The van der Waals surface area contributed by atoms with Crippen LogP contribution in [0.15, 0.2) is 42.6 Å². The summed E-state index contributed by atoms with van der Waals surface area (Å²) in [5.41, 5.74) is 3.12. The van der Waals surface area contributed by atoms with Crippen LogP contribution >= 0.6 is 0 Å². The van der Waals surface area contributed by atoms with Gasteiger partial charge < -0.3 is 14.5 Å². The van der Waals surface area contributed by atoms with Crippen LogP contribution in [0.1, 0.15) is 21.7 Å². The molecule has 0 atom stereocenters. The molecule has 1 aliphatic rings. The molecule has 0 radical (unpaired) electrons. The first-order chi connectivity index (χ1) is 14.7. The summed E-state index contributed by atoms with van der Waals surface area (Å²) in [5.74, 6) is -0.175. The molecule has 1 aliphatic heterocycles. The maximum absolute atomic E-state index is 12.7. The molecule has 0 unspecified atom stereocenters. The van der Waals surface area contributed by atoms with Gasteiger partial charge in [0, 0.05) is 44.9 Å². The van der Waals surface area contributed by atoms with E-state index in [4.69, 9.17) is 4.74 Å². The summed E-state index contributed by atoms with van der Waals surface area (Å²) in [6.07, 6.45) is 5.52. The Kier molecular flexibility index (Phi) is 5.85. The minimum absolute atomic E-state index is 0.0523. The van der Waals surface area contributed by atoms with Gasteiger partial charge in [-0.15, -0.1) is 0 Å². The number of aromatic amines is 1. The van der Waals surface area contributed by atoms with E-state index >= 15 is 0 Å². The summed E-state index contributed by atoms with van der Waals surface area (Å²) in [6, 6.07) is 11.5. The Hall–Kier alpha value is -3.52. The van der Waals surface area contributed by atoms with Crippen LogP contribution in [0.5, 0.6) is 0 Å². The Morgan fingerprint density at radius 2 is 1.83 bits per heavy atom. The molecule has 8 heteroatoms. The second-order valence-corrected chi connectivity index (χ2v) is 7.07. The number of fused-ring (bicyclic) bond motifs is 1. The molecule has 2 aromatic heterocycles. The molecule has 0 aliphatic carbocycles. The summed E-state index contributed by atoms with van der Waals surface area (Å²) < 4.78 is 4.88. The van der Waals surface area contributed by atoms with Crippen molar-refractivity contribution in [3.63, 3.8) is 0 Å². The Labute approximate surface area is 174 Å². The largest absolute Gasteiger partial charge is 0.375 e. The molecule has 1 N–H and O–H groups in total. The van der Waals surface area contributed by atoms with Crippen molar-refractivity contribution in [2.75, 3.05) is 39.9 Å². The Morgan fingerprint density at radius 1 is 1.07 bits per heavy atom. The summed E-state index contributed by atoms with van der Waals surface area (Å²) >= 11 is 0. The molecule has 0 saturated carbocycles. The summed E-state index contributed by atoms with van der Waals surface area (Å²) in [4.78, 5) is 32.4. The van der Waals surface area contributed by atoms with E-state index in [1.807, 2.05) is 42.5 Å². The number of aromatic nitrogens is 3. The van der Waals surface area contributed by atoms with E-state index in [-0.39, 0.29) is 18.4 Å². The van der Waals surface area contributed by atoms with Crippen molar-refractivity contribution in [2.45, 2.75) is 0 Å². The van der Waals surface area contributed by atoms with Crippen molar-refractivity contribution in [1.82, 2.24) is 25.0 Å². The van der Waals surface area contributed by atoms with Gasteiger partial charge in [0.05, 0.1) is 11.2 Å². The number of methoxy groups -OCH3 is 1. The third kappa shape index (κ3) is 4.23. The van der Waals surface area contributed by atoms with Crippen LogP contribution in [-0.4, -0.2) is 76.7 Å². The number of nitrogens with one attached hydrogen (secondary N) is 1. The lowest BCUT2D eigenvalue weighted by atomic mass is 10.1. The number of amides is 2. The number of carbonyl (C=O) groups is 2. The molecule has 0 spiro atoms. The SMILES string of the molecule is COCC(=O)N1CCN(C(=O)c2ccc(/C=C/c3n[nH]c4ccccc34)cn2)CC1. The Morgan fingerprint density at radius 3 is 2.57 bits per heavy atom. The first kappa shape index (κ1) is 19.8. The number of para-hydroxylation sites is 1. The lowest BCUT2D eigenvalue weighted by Crippen LogP contribution is -2.51. The molecule has 1 saturated heterocycles. The van der Waals surface area contributed by atoms with Crippen molar-refractivity contribution in [2.24, 2.45) is 0 Å². The normalized spacial score (nSPS) is 14.6. The fourth-order valence-electron chi connectivity index (χ4n) is 3.45. The highest BCUT2D eigenvalue weighted by Gasteiger charge is 2.25. The lowest BCUT2D eigenvalue weighted by molar-refractivity contribution is -0.136. The van der Waals surface area contributed by atoms with Crippen LogP contribution in [0.3, 0.4) is 0 Å². The number of rotatable bonds is 5. The maximum atomic E-state index is 12.7. The van der Waals surface area contributed by atoms with Gasteiger partial charge in [0.1, 0.15) is 12.3 Å². The van der Waals surface area contributed by atoms with E-state index in [0.29, 0.717) is 31.9 Å². The van der Waals surface area contributed by atoms with Gasteiger partial charge in [-0.05, 0) is 23.8 Å². The predicted octanol–water partition coefficient (Wildman–Crippen LogP) is 2.06. The highest BCUT2D eigenvalue weighted by molar-refractivity contribution is 5.93. The van der Waals surface area contributed by atoms with Gasteiger partial charge in [0.2, 0.25) is 5.91 Å². The van der Waals surface area contributed by atoms with Gasteiger partial charge >= 0.3 is 0 Å². The van der Waals surface area contributed by atoms with Gasteiger partial charge in [-0.3, -0.25) is 19.7 Å². The molecule has 1 fully saturated rings. The maximum Gasteiger partial charge on any atom is 0.272 e. The minimum atomic E-state index is -0.123. The van der Waals surface area contributed by atoms with Gasteiger partial charge in [-0.2, -0.15) is 5.10 Å². The third-order valence-corrected chi connectivity index (χ3v) is 5.13. The molecule has 2 amide bonds. The van der Waals surface area contributed by atoms with Crippen LogP contribution in [-0.2, 0) is 9.53 Å². The number of carbonyl (C=O) groups excluding carboxylic acids is 2. The second-order valence-electron chi connectivity index (χ2n) is 7.07. The van der Waals surface area contributed by atoms with Crippen LogP contribution in [0, 0.1) is 0 Å². The summed E-state index contributed by atoms with van der Waals surface area (Å²) in [6.45, 7) is 2.06. The van der Waals surface area contributed by atoms with Gasteiger partial charge in [-0.1, -0.05) is 30.3 Å². The lowest BCUT2D eigenvalue weighted by Gasteiger charge is -2.34. The number of hydrogen-bond acceptors (Lipinski definition) is 5. The highest BCUT2D eigenvalue weighted by Crippen LogP contribution is 2.17. The van der Waals surface area contributed by atoms with Crippen molar-refractivity contribution in [1.29, 1.82) is 0 Å². The monoisotopic (exact) mass is 405 g/mol. The second kappa shape index (κ2) is 8.87. The number of pyridine rings is 1. The Balaban J connectivity index is 1.38. The average Bonchev–Trinajstić information content (AvgIpc) is 3.21. The third-order valence-electron chi connectivity index (χ3n) is 5.13. The zero-order valence-electron chi connectivity index (χ0n) is 16.7. The van der Waals surface area contributed by atoms with E-state index in [1.54, 1.807) is 22.1 Å². The number of nitrogens with zero attached hydrogens (tertiary/aromatic N) is 4. The van der Waals surface area contributed by atoms with E-state index in [0.717, 1.165) is 22.2 Å². The van der Waals surface area contributed by atoms with E-state index in [9.17, 15) is 9.59 Å². The molecular weight excluding hydrogens is 382 g/mol. The predicted molar refractivity (Wildman–Crippen MR) is 114 cm³/mol. The summed E-state index contributed by atoms with van der Waals surface area (Å²) in [5, 5.41) is 8.37. The number of hydrogen-bond donors (Lipinski definition) is 1. The van der Waals surface area contributed by atoms with Crippen LogP contribution in [0.25, 0.3) is 23.1 Å². The number of H-pyrrole nitrogens is 1. The zero-order valence-corrected chi connectivity index (χ0v) is 16.7. The molecule has 8 nitrogen and oxygen atoms in total. The molecular formula is C22H23N5O3. The quantitative estimate of drug-likeness (QED) is 0.702. The number of ether oxygens (including phenoxy) is 1. The van der Waals surface area contributed by atoms with E-state index in [2.05, 4.69) is 15.2 Å². The van der Waals surface area contributed by atoms with Crippen molar-refractivity contribution < 1.29 is 14.3 Å². The van der Waals surface area contributed by atoms with Crippen LogP contribution in [0.4, 0.5) is 0 Å². The molecule has 1 aromatic carbocycles. The van der Waals surface area contributed by atoms with E-state index < -0.39 is 0 Å². The highest BCUT2D eigenvalue weighted by atomic mass is 16.5. The van der Waals surface area contributed by atoms with Crippen LogP contribution < -0.4 is 0 Å². The minimum Gasteiger partial charge on any atom is -0.375 e. The number of piperazine rings is 1. The van der Waals surface area contributed by atoms with Crippen molar-refractivity contribution >= 4 is 34.9 Å². The topological polar surface area (TPSA) is 91.4 Å². The van der Waals surface area contributed by atoms with E-state index in [1.165, 1.54) is 7.11 Å². The molecule has 4 rings (SSSR count). The molecule has 30 heavy (non-hydrogen) atoms.